The first-order chi connectivity index (χ1) is 10.3. The molecule has 2 aromatic heterocycles. The molecule has 0 bridgehead atoms. The summed E-state index contributed by atoms with van der Waals surface area (Å²) in [7, 11) is 0. The Morgan fingerprint density at radius 1 is 1.14 bits per heavy atom. The van der Waals surface area contributed by atoms with E-state index in [-0.39, 0.29) is 0 Å². The Labute approximate surface area is 131 Å². The first kappa shape index (κ1) is 13.9. The summed E-state index contributed by atoms with van der Waals surface area (Å²) in [6.07, 6.45) is 3.48. The molecule has 1 aromatic carbocycles. The average molecular weight is 317 g/mol. The molecule has 0 saturated heterocycles. The summed E-state index contributed by atoms with van der Waals surface area (Å²) in [5.74, 6) is 0.521. The number of hydrogen-bond acceptors (Lipinski definition) is 5. The molecule has 0 saturated carbocycles. The van der Waals surface area contributed by atoms with E-state index in [0.717, 1.165) is 26.7 Å². The minimum atomic E-state index is 0.521. The molecule has 0 unspecified atom stereocenters. The second-order valence-electron chi connectivity index (χ2n) is 4.45. The highest BCUT2D eigenvalue weighted by Crippen LogP contribution is 2.36. The Morgan fingerprint density at radius 2 is 1.90 bits per heavy atom. The maximum Gasteiger partial charge on any atom is 0.147 e. The number of rotatable bonds is 4. The molecular formula is C15H13ClN4S. The molecule has 0 aliphatic carbocycles. The normalized spacial score (nSPS) is 10.5. The number of halogens is 1. The van der Waals surface area contributed by atoms with Crippen LogP contribution < -0.4 is 11.1 Å². The van der Waals surface area contributed by atoms with E-state index in [1.807, 2.05) is 36.4 Å². The van der Waals surface area contributed by atoms with Crippen molar-refractivity contribution in [3.05, 3.63) is 59.4 Å². The predicted octanol–water partition coefficient (Wildman–Crippen LogP) is 4.05. The lowest BCUT2D eigenvalue weighted by atomic mass is 10.1. The highest BCUT2D eigenvalue weighted by atomic mass is 35.5. The quantitative estimate of drug-likeness (QED) is 0.762. The number of pyridine rings is 1. The van der Waals surface area contributed by atoms with Crippen LogP contribution in [0.25, 0.3) is 11.1 Å². The van der Waals surface area contributed by atoms with Crippen LogP contribution in [0, 0.1) is 0 Å². The van der Waals surface area contributed by atoms with Crippen molar-refractivity contribution in [1.82, 2.24) is 9.36 Å². The van der Waals surface area contributed by atoms with Crippen LogP contribution in [0.5, 0.6) is 0 Å². The zero-order valence-corrected chi connectivity index (χ0v) is 12.7. The van der Waals surface area contributed by atoms with E-state index >= 15 is 0 Å². The van der Waals surface area contributed by atoms with Crippen molar-refractivity contribution in [3.63, 3.8) is 0 Å². The van der Waals surface area contributed by atoms with Gasteiger partial charge >= 0.3 is 0 Å². The number of hydrogen-bond donors (Lipinski definition) is 2. The van der Waals surface area contributed by atoms with Gasteiger partial charge in [0.15, 0.2) is 0 Å². The predicted molar refractivity (Wildman–Crippen MR) is 88.5 cm³/mol. The summed E-state index contributed by atoms with van der Waals surface area (Å²) < 4.78 is 4.23. The summed E-state index contributed by atoms with van der Waals surface area (Å²) in [6.45, 7) is 0.624. The van der Waals surface area contributed by atoms with Gasteiger partial charge < -0.3 is 11.1 Å². The van der Waals surface area contributed by atoms with Crippen LogP contribution in [0.2, 0.25) is 5.02 Å². The summed E-state index contributed by atoms with van der Waals surface area (Å²) in [4.78, 5) is 4.02. The van der Waals surface area contributed by atoms with Gasteiger partial charge in [0, 0.05) is 24.0 Å². The number of anilines is 2. The lowest BCUT2D eigenvalue weighted by Gasteiger charge is -2.08. The van der Waals surface area contributed by atoms with Crippen molar-refractivity contribution >= 4 is 34.0 Å². The van der Waals surface area contributed by atoms with Gasteiger partial charge in [-0.15, -0.1) is 0 Å². The Balaban J connectivity index is 1.86. The van der Waals surface area contributed by atoms with E-state index in [1.54, 1.807) is 12.4 Å². The molecule has 0 atom stereocenters. The lowest BCUT2D eigenvalue weighted by Crippen LogP contribution is -2.00. The number of nitrogens with zero attached hydrogens (tertiary/aromatic N) is 2. The highest BCUT2D eigenvalue weighted by Gasteiger charge is 2.13. The molecule has 0 radical (unpaired) electrons. The molecule has 0 aliphatic rings. The van der Waals surface area contributed by atoms with Crippen LogP contribution in [0.3, 0.4) is 0 Å². The van der Waals surface area contributed by atoms with Gasteiger partial charge in [-0.1, -0.05) is 29.8 Å². The molecule has 0 spiro atoms. The van der Waals surface area contributed by atoms with Crippen LogP contribution in [0.15, 0.2) is 48.8 Å². The molecule has 0 amide bonds. The van der Waals surface area contributed by atoms with Crippen LogP contribution in [-0.2, 0) is 6.54 Å². The maximum absolute atomic E-state index is 6.17. The van der Waals surface area contributed by atoms with Crippen LogP contribution >= 0.6 is 23.1 Å². The third-order valence-electron chi connectivity index (χ3n) is 3.08. The van der Waals surface area contributed by atoms with Gasteiger partial charge in [0.2, 0.25) is 0 Å². The molecule has 106 valence electrons. The Kier molecular flexibility index (Phi) is 4.03. The summed E-state index contributed by atoms with van der Waals surface area (Å²) >= 11 is 7.51. The van der Waals surface area contributed by atoms with Gasteiger partial charge in [0.05, 0.1) is 5.56 Å². The highest BCUT2D eigenvalue weighted by molar-refractivity contribution is 7.11. The molecule has 6 heteroatoms. The van der Waals surface area contributed by atoms with Crippen molar-refractivity contribution in [1.29, 1.82) is 0 Å². The van der Waals surface area contributed by atoms with Gasteiger partial charge in [-0.25, -0.2) is 0 Å². The molecule has 2 heterocycles. The van der Waals surface area contributed by atoms with Gasteiger partial charge in [-0.05, 0) is 40.9 Å². The number of nitrogens with one attached hydrogen (secondary N) is 1. The van der Waals surface area contributed by atoms with Gasteiger partial charge in [0.1, 0.15) is 10.8 Å². The standard InChI is InChI=1S/C15H13ClN4S/c16-12-4-2-1-3-11(12)9-19-15-13(14(17)20-21-15)10-5-7-18-8-6-10/h1-8,19H,9H2,(H2,17,20). The van der Waals surface area contributed by atoms with Crippen LogP contribution in [0.4, 0.5) is 10.8 Å². The van der Waals surface area contributed by atoms with Gasteiger partial charge in [-0.3, -0.25) is 4.98 Å². The first-order valence-electron chi connectivity index (χ1n) is 6.38. The monoisotopic (exact) mass is 316 g/mol. The number of benzene rings is 1. The third-order valence-corrected chi connectivity index (χ3v) is 4.27. The zero-order valence-electron chi connectivity index (χ0n) is 11.1. The largest absolute Gasteiger partial charge is 0.382 e. The summed E-state index contributed by atoms with van der Waals surface area (Å²) in [5, 5.41) is 5.03. The fourth-order valence-electron chi connectivity index (χ4n) is 2.04. The zero-order chi connectivity index (χ0) is 14.7. The SMILES string of the molecule is Nc1nsc(NCc2ccccc2Cl)c1-c1ccncc1. The number of nitrogen functional groups attached to an aromatic ring is 1. The first-order valence-corrected chi connectivity index (χ1v) is 7.53. The fraction of sp³-hybridized carbons (Fsp3) is 0.0667. The van der Waals surface area contributed by atoms with Crippen molar-refractivity contribution in [3.8, 4) is 11.1 Å². The molecule has 0 fully saturated rings. The van der Waals surface area contributed by atoms with E-state index in [9.17, 15) is 0 Å². The Morgan fingerprint density at radius 3 is 2.67 bits per heavy atom. The average Bonchev–Trinajstić information content (AvgIpc) is 2.88. The summed E-state index contributed by atoms with van der Waals surface area (Å²) in [6, 6.07) is 11.6. The minimum absolute atomic E-state index is 0.521. The maximum atomic E-state index is 6.17. The van der Waals surface area contributed by atoms with Crippen molar-refractivity contribution < 1.29 is 0 Å². The number of aromatic nitrogens is 2. The molecule has 3 aromatic rings. The second-order valence-corrected chi connectivity index (χ2v) is 5.63. The lowest BCUT2D eigenvalue weighted by molar-refractivity contribution is 1.16. The second kappa shape index (κ2) is 6.11. The molecular weight excluding hydrogens is 304 g/mol. The molecule has 4 nitrogen and oxygen atoms in total. The third kappa shape index (κ3) is 2.99. The van der Waals surface area contributed by atoms with Gasteiger partial charge in [0.25, 0.3) is 0 Å². The topological polar surface area (TPSA) is 63.8 Å². The molecule has 21 heavy (non-hydrogen) atoms. The van der Waals surface area contributed by atoms with E-state index in [1.165, 1.54) is 11.5 Å². The molecule has 3 N–H and O–H groups in total. The van der Waals surface area contributed by atoms with Crippen molar-refractivity contribution in [2.24, 2.45) is 0 Å². The molecule has 0 aliphatic heterocycles. The van der Waals surface area contributed by atoms with E-state index in [0.29, 0.717) is 12.4 Å². The van der Waals surface area contributed by atoms with E-state index < -0.39 is 0 Å². The van der Waals surface area contributed by atoms with Crippen molar-refractivity contribution in [2.75, 3.05) is 11.1 Å². The Bertz CT molecular complexity index is 742. The van der Waals surface area contributed by atoms with E-state index in [2.05, 4.69) is 14.7 Å². The Hall–Kier alpha value is -2.11. The fourth-order valence-corrected chi connectivity index (χ4v) is 2.97. The molecule has 3 rings (SSSR count). The van der Waals surface area contributed by atoms with Crippen molar-refractivity contribution in [2.45, 2.75) is 6.54 Å². The number of nitrogens with two attached hydrogens (primary N) is 1. The van der Waals surface area contributed by atoms with Gasteiger partial charge in [-0.2, -0.15) is 4.37 Å². The van der Waals surface area contributed by atoms with E-state index in [4.69, 9.17) is 17.3 Å². The smallest absolute Gasteiger partial charge is 0.147 e. The summed E-state index contributed by atoms with van der Waals surface area (Å²) in [5.41, 5.74) is 8.93. The minimum Gasteiger partial charge on any atom is -0.382 e. The van der Waals surface area contributed by atoms with Crippen LogP contribution in [0.1, 0.15) is 5.56 Å². The van der Waals surface area contributed by atoms with Crippen LogP contribution in [-0.4, -0.2) is 9.36 Å².